The molecule has 166 valence electrons. The Morgan fingerprint density at radius 3 is 2.58 bits per heavy atom. The summed E-state index contributed by atoms with van der Waals surface area (Å²) >= 11 is 0. The molecule has 0 bridgehead atoms. The van der Waals surface area contributed by atoms with Crippen LogP contribution >= 0.6 is 0 Å². The van der Waals surface area contributed by atoms with Crippen LogP contribution in [0.4, 0.5) is 18.9 Å². The molecular formula is C22H26F3N5O. The monoisotopic (exact) mass is 433 g/mol. The summed E-state index contributed by atoms with van der Waals surface area (Å²) in [5.74, 6) is -4.56. The minimum Gasteiger partial charge on any atom is -0.352 e. The van der Waals surface area contributed by atoms with E-state index in [4.69, 9.17) is 0 Å². The molecule has 3 rings (SSSR count). The molecule has 6 nitrogen and oxygen atoms in total. The van der Waals surface area contributed by atoms with Crippen LogP contribution in [-0.2, 0) is 11.3 Å². The molecule has 2 aromatic rings. The summed E-state index contributed by atoms with van der Waals surface area (Å²) in [6, 6.07) is 12.5. The summed E-state index contributed by atoms with van der Waals surface area (Å²) in [4.78, 5) is 18.6. The Kier molecular flexibility index (Phi) is 7.51. The number of carbonyl (C=O) groups excluding carboxylic acids is 1. The summed E-state index contributed by atoms with van der Waals surface area (Å²) in [6.07, 6.45) is 0.916. The highest BCUT2D eigenvalue weighted by Gasteiger charge is 2.29. The molecule has 0 spiro atoms. The highest BCUT2D eigenvalue weighted by molar-refractivity contribution is 5.95. The van der Waals surface area contributed by atoms with Crippen molar-refractivity contribution in [2.24, 2.45) is 4.99 Å². The van der Waals surface area contributed by atoms with Crippen LogP contribution in [0.2, 0.25) is 0 Å². The second-order valence-corrected chi connectivity index (χ2v) is 7.54. The maximum absolute atomic E-state index is 13.7. The molecule has 1 amide bonds. The number of hydrogen-bond acceptors (Lipinski definition) is 3. The Bertz CT molecular complexity index is 938. The van der Waals surface area contributed by atoms with Crippen molar-refractivity contribution in [2.45, 2.75) is 32.0 Å². The van der Waals surface area contributed by atoms with Crippen molar-refractivity contribution in [3.05, 3.63) is 65.5 Å². The van der Waals surface area contributed by atoms with Crippen LogP contribution < -0.4 is 16.0 Å². The number of carbonyl (C=O) groups is 1. The Hall–Kier alpha value is -3.07. The molecule has 0 radical (unpaired) electrons. The van der Waals surface area contributed by atoms with Crippen LogP contribution in [0.3, 0.4) is 0 Å². The molecular weight excluding hydrogens is 407 g/mol. The van der Waals surface area contributed by atoms with Crippen LogP contribution in [0.1, 0.15) is 18.9 Å². The third-order valence-electron chi connectivity index (χ3n) is 5.22. The number of nitrogens with zero attached hydrogens (tertiary/aromatic N) is 2. The third kappa shape index (κ3) is 5.97. The molecule has 0 aliphatic carbocycles. The number of anilines is 1. The van der Waals surface area contributed by atoms with Crippen molar-refractivity contribution in [3.8, 4) is 0 Å². The molecule has 1 aliphatic rings. The first-order chi connectivity index (χ1) is 14.9. The van der Waals surface area contributed by atoms with Crippen molar-refractivity contribution in [2.75, 3.05) is 25.5 Å². The van der Waals surface area contributed by atoms with Gasteiger partial charge in [0, 0.05) is 32.2 Å². The van der Waals surface area contributed by atoms with Crippen LogP contribution in [0.15, 0.2) is 47.5 Å². The lowest BCUT2D eigenvalue weighted by Gasteiger charge is -2.21. The second kappa shape index (κ2) is 10.3. The molecule has 0 saturated carbocycles. The first-order valence-electron chi connectivity index (χ1n) is 10.1. The van der Waals surface area contributed by atoms with Crippen molar-refractivity contribution >= 4 is 17.6 Å². The largest absolute Gasteiger partial charge is 0.352 e. The fraction of sp³-hybridized carbons (Fsp3) is 0.364. The zero-order valence-corrected chi connectivity index (χ0v) is 17.5. The number of halogens is 3. The van der Waals surface area contributed by atoms with Crippen molar-refractivity contribution < 1.29 is 18.0 Å². The molecule has 2 atom stereocenters. The SMILES string of the molecule is CN=C(NCC(=O)Nc1ccc(F)c(F)c1F)NC1CC(C)N(Cc2ccccc2)C1. The number of guanidine groups is 1. The summed E-state index contributed by atoms with van der Waals surface area (Å²) in [7, 11) is 1.59. The Labute approximate surface area is 179 Å². The lowest BCUT2D eigenvalue weighted by atomic mass is 10.2. The molecule has 1 saturated heterocycles. The number of amides is 1. The van der Waals surface area contributed by atoms with E-state index in [0.717, 1.165) is 31.6 Å². The van der Waals surface area contributed by atoms with E-state index in [1.807, 2.05) is 18.2 Å². The van der Waals surface area contributed by atoms with E-state index in [1.165, 1.54) is 5.56 Å². The maximum atomic E-state index is 13.7. The van der Waals surface area contributed by atoms with Gasteiger partial charge in [0.1, 0.15) is 0 Å². The van der Waals surface area contributed by atoms with Crippen LogP contribution in [-0.4, -0.2) is 49.0 Å². The first kappa shape index (κ1) is 22.6. The van der Waals surface area contributed by atoms with E-state index in [2.05, 4.69) is 44.9 Å². The highest BCUT2D eigenvalue weighted by Crippen LogP contribution is 2.21. The average molecular weight is 433 g/mol. The zero-order chi connectivity index (χ0) is 22.4. The standard InChI is InChI=1S/C22H26F3N5O/c1-14-10-16(13-30(14)12-15-6-4-3-5-7-15)28-22(26-2)27-11-19(31)29-18-9-8-17(23)20(24)21(18)25/h3-9,14,16H,10-13H2,1-2H3,(H,29,31)(H2,26,27,28). The number of rotatable bonds is 6. The number of nitrogens with one attached hydrogen (secondary N) is 3. The molecule has 0 aromatic heterocycles. The average Bonchev–Trinajstić information content (AvgIpc) is 3.10. The number of aliphatic imine (C=N–C) groups is 1. The number of benzene rings is 2. The van der Waals surface area contributed by atoms with Gasteiger partial charge in [-0.1, -0.05) is 30.3 Å². The van der Waals surface area contributed by atoms with Gasteiger partial charge in [-0.2, -0.15) is 0 Å². The van der Waals surface area contributed by atoms with Gasteiger partial charge in [-0.3, -0.25) is 14.7 Å². The molecule has 9 heteroatoms. The quantitative estimate of drug-likeness (QED) is 0.372. The Morgan fingerprint density at radius 2 is 1.87 bits per heavy atom. The van der Waals surface area contributed by atoms with Crippen molar-refractivity contribution in [1.82, 2.24) is 15.5 Å². The number of hydrogen-bond donors (Lipinski definition) is 3. The predicted molar refractivity (Wildman–Crippen MR) is 114 cm³/mol. The minimum atomic E-state index is -1.63. The van der Waals surface area contributed by atoms with Gasteiger partial charge < -0.3 is 16.0 Å². The van der Waals surface area contributed by atoms with E-state index < -0.39 is 29.0 Å². The zero-order valence-electron chi connectivity index (χ0n) is 17.5. The van der Waals surface area contributed by atoms with Crippen LogP contribution in [0.25, 0.3) is 0 Å². The van der Waals surface area contributed by atoms with Crippen molar-refractivity contribution in [1.29, 1.82) is 0 Å². The van der Waals surface area contributed by atoms with E-state index in [0.29, 0.717) is 12.0 Å². The Morgan fingerprint density at radius 1 is 1.13 bits per heavy atom. The molecule has 2 aromatic carbocycles. The topological polar surface area (TPSA) is 68.8 Å². The fourth-order valence-electron chi connectivity index (χ4n) is 3.61. The minimum absolute atomic E-state index is 0.150. The van der Waals surface area contributed by atoms with E-state index >= 15 is 0 Å². The van der Waals surface area contributed by atoms with Gasteiger partial charge in [0.2, 0.25) is 5.91 Å². The van der Waals surface area contributed by atoms with Gasteiger partial charge in [-0.15, -0.1) is 0 Å². The van der Waals surface area contributed by atoms with Gasteiger partial charge in [0.05, 0.1) is 12.2 Å². The number of likely N-dealkylation sites (tertiary alicyclic amines) is 1. The second-order valence-electron chi connectivity index (χ2n) is 7.54. The maximum Gasteiger partial charge on any atom is 0.243 e. The lowest BCUT2D eigenvalue weighted by Crippen LogP contribution is -2.46. The Balaban J connectivity index is 1.48. The predicted octanol–water partition coefficient (Wildman–Crippen LogP) is 2.87. The van der Waals surface area contributed by atoms with E-state index in [9.17, 15) is 18.0 Å². The lowest BCUT2D eigenvalue weighted by molar-refractivity contribution is -0.115. The van der Waals surface area contributed by atoms with E-state index in [1.54, 1.807) is 7.05 Å². The molecule has 1 heterocycles. The van der Waals surface area contributed by atoms with E-state index in [-0.39, 0.29) is 12.6 Å². The van der Waals surface area contributed by atoms with Gasteiger partial charge in [0.25, 0.3) is 0 Å². The summed E-state index contributed by atoms with van der Waals surface area (Å²) < 4.78 is 40.0. The van der Waals surface area contributed by atoms with Crippen molar-refractivity contribution in [3.63, 3.8) is 0 Å². The van der Waals surface area contributed by atoms with Crippen LogP contribution in [0, 0.1) is 17.5 Å². The summed E-state index contributed by atoms with van der Waals surface area (Å²) in [6.45, 7) is 3.64. The van der Waals surface area contributed by atoms with Gasteiger partial charge in [0.15, 0.2) is 23.4 Å². The highest BCUT2D eigenvalue weighted by atomic mass is 19.2. The van der Waals surface area contributed by atoms with Crippen LogP contribution in [0.5, 0.6) is 0 Å². The first-order valence-corrected chi connectivity index (χ1v) is 10.1. The summed E-state index contributed by atoms with van der Waals surface area (Å²) in [5.41, 5.74) is 0.827. The smallest absolute Gasteiger partial charge is 0.243 e. The molecule has 2 unspecified atom stereocenters. The fourth-order valence-corrected chi connectivity index (χ4v) is 3.61. The summed E-state index contributed by atoms with van der Waals surface area (Å²) in [5, 5.41) is 8.37. The molecule has 1 fully saturated rings. The molecule has 1 aliphatic heterocycles. The van der Waals surface area contributed by atoms with Gasteiger partial charge in [-0.25, -0.2) is 13.2 Å². The van der Waals surface area contributed by atoms with Gasteiger partial charge in [-0.05, 0) is 31.0 Å². The molecule has 3 N–H and O–H groups in total. The third-order valence-corrected chi connectivity index (χ3v) is 5.22. The normalized spacial score (nSPS) is 19.3. The molecule has 31 heavy (non-hydrogen) atoms. The van der Waals surface area contributed by atoms with Gasteiger partial charge >= 0.3 is 0 Å².